The number of aromatic nitrogens is 2. The second kappa shape index (κ2) is 3.61. The average Bonchev–Trinajstić information content (AvgIpc) is 2.43. The van der Waals surface area contributed by atoms with E-state index in [0.717, 1.165) is 17.6 Å². The number of anilines is 1. The number of para-hydroxylation sites is 2. The van der Waals surface area contributed by atoms with Gasteiger partial charge in [0, 0.05) is 11.4 Å². The summed E-state index contributed by atoms with van der Waals surface area (Å²) in [5.41, 5.74) is 7.88. The molecule has 3 nitrogen and oxygen atoms in total. The number of hydrogen-bond acceptors (Lipinski definition) is 2. The van der Waals surface area contributed by atoms with Gasteiger partial charge in [-0.2, -0.15) is 0 Å². The van der Waals surface area contributed by atoms with Crippen LogP contribution in [0.4, 0.5) is 5.95 Å². The molecule has 0 saturated heterocycles. The molecular formula is C10H12BrN3. The molecule has 0 aliphatic rings. The number of halogens is 1. The lowest BCUT2D eigenvalue weighted by Gasteiger charge is -2.07. The van der Waals surface area contributed by atoms with Crippen LogP contribution in [-0.4, -0.2) is 14.4 Å². The van der Waals surface area contributed by atoms with Crippen molar-refractivity contribution in [3.63, 3.8) is 0 Å². The Morgan fingerprint density at radius 3 is 2.93 bits per heavy atom. The maximum Gasteiger partial charge on any atom is 0.201 e. The number of nitrogen functional groups attached to an aromatic ring is 1. The molecular weight excluding hydrogens is 242 g/mol. The number of imidazole rings is 1. The second-order valence-corrected chi connectivity index (χ2v) is 4.91. The van der Waals surface area contributed by atoms with Crippen molar-refractivity contribution in [3.05, 3.63) is 24.3 Å². The van der Waals surface area contributed by atoms with Crippen molar-refractivity contribution < 1.29 is 0 Å². The van der Waals surface area contributed by atoms with Crippen LogP contribution >= 0.6 is 15.9 Å². The van der Waals surface area contributed by atoms with E-state index < -0.39 is 0 Å². The predicted molar refractivity (Wildman–Crippen MR) is 62.5 cm³/mol. The Labute approximate surface area is 91.1 Å². The lowest BCUT2D eigenvalue weighted by molar-refractivity contribution is 0.728. The minimum absolute atomic E-state index is 0.391. The molecule has 0 unspecified atom stereocenters. The largest absolute Gasteiger partial charge is 0.369 e. The van der Waals surface area contributed by atoms with Gasteiger partial charge in [0.15, 0.2) is 0 Å². The van der Waals surface area contributed by atoms with E-state index in [1.807, 2.05) is 28.8 Å². The van der Waals surface area contributed by atoms with E-state index in [9.17, 15) is 0 Å². The maximum atomic E-state index is 5.83. The Morgan fingerprint density at radius 2 is 2.21 bits per heavy atom. The fourth-order valence-corrected chi connectivity index (χ4v) is 1.83. The van der Waals surface area contributed by atoms with Crippen molar-refractivity contribution in [2.45, 2.75) is 18.3 Å². The SMILES string of the molecule is C[C@H](Br)Cn1c(N)nc2ccccc21. The molecule has 1 aromatic heterocycles. The Morgan fingerprint density at radius 1 is 1.50 bits per heavy atom. The van der Waals surface area contributed by atoms with Crippen molar-refractivity contribution in [2.75, 3.05) is 5.73 Å². The van der Waals surface area contributed by atoms with Crippen molar-refractivity contribution in [2.24, 2.45) is 0 Å². The van der Waals surface area contributed by atoms with E-state index in [0.29, 0.717) is 10.8 Å². The normalized spacial score (nSPS) is 13.3. The van der Waals surface area contributed by atoms with Gasteiger partial charge >= 0.3 is 0 Å². The van der Waals surface area contributed by atoms with Crippen molar-refractivity contribution in [1.29, 1.82) is 0 Å². The second-order valence-electron chi connectivity index (χ2n) is 3.35. The first kappa shape index (κ1) is 9.52. The van der Waals surface area contributed by atoms with E-state index in [2.05, 4.69) is 27.8 Å². The topological polar surface area (TPSA) is 43.8 Å². The Hall–Kier alpha value is -1.03. The molecule has 74 valence electrons. The summed E-state index contributed by atoms with van der Waals surface area (Å²) >= 11 is 3.51. The summed E-state index contributed by atoms with van der Waals surface area (Å²) in [6.07, 6.45) is 0. The highest BCUT2D eigenvalue weighted by Crippen LogP contribution is 2.18. The zero-order chi connectivity index (χ0) is 10.1. The van der Waals surface area contributed by atoms with E-state index in [-0.39, 0.29) is 0 Å². The molecule has 0 radical (unpaired) electrons. The molecule has 0 aliphatic carbocycles. The lowest BCUT2D eigenvalue weighted by Crippen LogP contribution is -2.09. The minimum atomic E-state index is 0.391. The molecule has 1 atom stereocenters. The monoisotopic (exact) mass is 253 g/mol. The Kier molecular flexibility index (Phi) is 2.46. The average molecular weight is 254 g/mol. The third-order valence-electron chi connectivity index (χ3n) is 2.12. The number of nitrogens with zero attached hydrogens (tertiary/aromatic N) is 2. The summed E-state index contributed by atoms with van der Waals surface area (Å²) in [5, 5.41) is 0. The van der Waals surface area contributed by atoms with Crippen molar-refractivity contribution in [3.8, 4) is 0 Å². The van der Waals surface area contributed by atoms with Gasteiger partial charge in [0.2, 0.25) is 5.95 Å². The van der Waals surface area contributed by atoms with Crippen LogP contribution in [-0.2, 0) is 6.54 Å². The molecule has 1 heterocycles. The summed E-state index contributed by atoms with van der Waals surface area (Å²) < 4.78 is 2.02. The number of fused-ring (bicyclic) bond motifs is 1. The molecule has 0 saturated carbocycles. The smallest absolute Gasteiger partial charge is 0.201 e. The van der Waals surface area contributed by atoms with E-state index in [4.69, 9.17) is 5.73 Å². The fraction of sp³-hybridized carbons (Fsp3) is 0.300. The fourth-order valence-electron chi connectivity index (χ4n) is 1.54. The summed E-state index contributed by atoms with van der Waals surface area (Å²) in [6, 6.07) is 7.98. The Bertz CT molecular complexity index is 448. The van der Waals surface area contributed by atoms with Crippen LogP contribution < -0.4 is 5.73 Å². The molecule has 4 heteroatoms. The molecule has 2 N–H and O–H groups in total. The first-order chi connectivity index (χ1) is 6.68. The highest BCUT2D eigenvalue weighted by Gasteiger charge is 2.08. The molecule has 0 amide bonds. The van der Waals surface area contributed by atoms with Crippen molar-refractivity contribution in [1.82, 2.24) is 9.55 Å². The minimum Gasteiger partial charge on any atom is -0.369 e. The molecule has 1 aromatic carbocycles. The molecule has 2 rings (SSSR count). The number of alkyl halides is 1. The number of nitrogens with two attached hydrogens (primary N) is 1. The zero-order valence-corrected chi connectivity index (χ0v) is 9.53. The van der Waals surface area contributed by atoms with Gasteiger partial charge in [-0.1, -0.05) is 35.0 Å². The maximum absolute atomic E-state index is 5.83. The summed E-state index contributed by atoms with van der Waals surface area (Å²) in [5.74, 6) is 0.581. The highest BCUT2D eigenvalue weighted by molar-refractivity contribution is 9.09. The molecule has 0 spiro atoms. The van der Waals surface area contributed by atoms with Gasteiger partial charge in [0.25, 0.3) is 0 Å². The van der Waals surface area contributed by atoms with Crippen LogP contribution in [0.15, 0.2) is 24.3 Å². The van der Waals surface area contributed by atoms with E-state index >= 15 is 0 Å². The summed E-state index contributed by atoms with van der Waals surface area (Å²) in [7, 11) is 0. The number of hydrogen-bond donors (Lipinski definition) is 1. The summed E-state index contributed by atoms with van der Waals surface area (Å²) in [6.45, 7) is 2.93. The van der Waals surface area contributed by atoms with Gasteiger partial charge in [-0.25, -0.2) is 4.98 Å². The standard InChI is InChI=1S/C10H12BrN3/c1-7(11)6-14-9-5-3-2-4-8(9)13-10(14)12/h2-5,7H,6H2,1H3,(H2,12,13)/t7-/m0/s1. The van der Waals surface area contributed by atoms with Crippen LogP contribution in [0.25, 0.3) is 11.0 Å². The highest BCUT2D eigenvalue weighted by atomic mass is 79.9. The molecule has 0 fully saturated rings. The third-order valence-corrected chi connectivity index (χ3v) is 2.41. The predicted octanol–water partition coefficient (Wildman–Crippen LogP) is 2.40. The number of rotatable bonds is 2. The first-order valence-electron chi connectivity index (χ1n) is 4.53. The Balaban J connectivity index is 2.56. The molecule has 2 aromatic rings. The molecule has 0 bridgehead atoms. The zero-order valence-electron chi connectivity index (χ0n) is 7.94. The quantitative estimate of drug-likeness (QED) is 0.836. The number of benzene rings is 1. The van der Waals surface area contributed by atoms with Crippen molar-refractivity contribution >= 4 is 32.9 Å². The van der Waals surface area contributed by atoms with Crippen LogP contribution in [0.5, 0.6) is 0 Å². The first-order valence-corrected chi connectivity index (χ1v) is 5.45. The molecule has 14 heavy (non-hydrogen) atoms. The van der Waals surface area contributed by atoms with E-state index in [1.54, 1.807) is 0 Å². The van der Waals surface area contributed by atoms with Crippen LogP contribution in [0.1, 0.15) is 6.92 Å². The van der Waals surface area contributed by atoms with Gasteiger partial charge in [-0.05, 0) is 12.1 Å². The van der Waals surface area contributed by atoms with Gasteiger partial charge in [-0.3, -0.25) is 0 Å². The summed E-state index contributed by atoms with van der Waals surface area (Å²) in [4.78, 5) is 4.68. The van der Waals surface area contributed by atoms with Gasteiger partial charge in [0.05, 0.1) is 11.0 Å². The van der Waals surface area contributed by atoms with Gasteiger partial charge in [0.1, 0.15) is 0 Å². The van der Waals surface area contributed by atoms with Crippen LogP contribution in [0.3, 0.4) is 0 Å². The van der Waals surface area contributed by atoms with E-state index in [1.165, 1.54) is 0 Å². The van der Waals surface area contributed by atoms with Crippen LogP contribution in [0.2, 0.25) is 0 Å². The van der Waals surface area contributed by atoms with Gasteiger partial charge in [-0.15, -0.1) is 0 Å². The third kappa shape index (κ3) is 1.62. The molecule has 0 aliphatic heterocycles. The lowest BCUT2D eigenvalue weighted by atomic mass is 10.3. The van der Waals surface area contributed by atoms with Gasteiger partial charge < -0.3 is 10.3 Å². The van der Waals surface area contributed by atoms with Crippen LogP contribution in [0, 0.1) is 0 Å².